The number of hydrogen-bond donors (Lipinski definition) is 2. The van der Waals surface area contributed by atoms with Crippen molar-refractivity contribution in [2.45, 2.75) is 44.6 Å². The van der Waals surface area contributed by atoms with Crippen molar-refractivity contribution >= 4 is 39.9 Å². The molecule has 2 amide bonds. The van der Waals surface area contributed by atoms with Gasteiger partial charge in [-0.25, -0.2) is 4.98 Å². The number of amides is 2. The molecule has 160 valence electrons. The summed E-state index contributed by atoms with van der Waals surface area (Å²) in [7, 11) is 0. The molecule has 0 radical (unpaired) electrons. The molecule has 1 aliphatic carbocycles. The molecule has 0 saturated heterocycles. The van der Waals surface area contributed by atoms with Gasteiger partial charge in [-0.05, 0) is 43.0 Å². The zero-order chi connectivity index (χ0) is 22.0. The lowest BCUT2D eigenvalue weighted by Gasteiger charge is -2.40. The van der Waals surface area contributed by atoms with E-state index in [0.29, 0.717) is 10.2 Å². The maximum absolute atomic E-state index is 13.1. The summed E-state index contributed by atoms with van der Waals surface area (Å²) in [6.07, 6.45) is 2.68. The molecule has 2 aromatic carbocycles. The van der Waals surface area contributed by atoms with Crippen LogP contribution in [0.15, 0.2) is 53.9 Å². The lowest BCUT2D eigenvalue weighted by atomic mass is 9.64. The maximum atomic E-state index is 13.1. The molecule has 0 spiro atoms. The number of hydrogen-bond acceptors (Lipinski definition) is 4. The van der Waals surface area contributed by atoms with E-state index < -0.39 is 5.41 Å². The van der Waals surface area contributed by atoms with E-state index in [1.807, 2.05) is 60.8 Å². The van der Waals surface area contributed by atoms with Gasteiger partial charge in [-0.2, -0.15) is 0 Å². The van der Waals surface area contributed by atoms with Crippen LogP contribution >= 0.6 is 22.9 Å². The Labute approximate surface area is 190 Å². The quantitative estimate of drug-likeness (QED) is 0.501. The number of nitrogens with one attached hydrogen (secondary N) is 2. The highest BCUT2D eigenvalue weighted by atomic mass is 35.5. The summed E-state index contributed by atoms with van der Waals surface area (Å²) < 4.78 is 0. The van der Waals surface area contributed by atoms with E-state index in [1.54, 1.807) is 0 Å². The Kier molecular flexibility index (Phi) is 6.12. The molecule has 7 heteroatoms. The summed E-state index contributed by atoms with van der Waals surface area (Å²) in [5.74, 6) is -0.0688. The summed E-state index contributed by atoms with van der Waals surface area (Å²) in [5.41, 5.74) is 3.30. The van der Waals surface area contributed by atoms with Crippen LogP contribution in [-0.4, -0.2) is 16.8 Å². The lowest BCUT2D eigenvalue weighted by molar-refractivity contribution is -0.124. The van der Waals surface area contributed by atoms with E-state index in [2.05, 4.69) is 15.6 Å². The van der Waals surface area contributed by atoms with Crippen molar-refractivity contribution < 1.29 is 9.59 Å². The molecule has 1 unspecified atom stereocenters. The summed E-state index contributed by atoms with van der Waals surface area (Å²) in [4.78, 5) is 29.0. The van der Waals surface area contributed by atoms with E-state index in [1.165, 1.54) is 18.3 Å². The Morgan fingerprint density at radius 2 is 1.77 bits per heavy atom. The molecule has 1 heterocycles. The summed E-state index contributed by atoms with van der Waals surface area (Å²) in [6, 6.07) is 15.4. The highest BCUT2D eigenvalue weighted by Crippen LogP contribution is 2.45. The molecule has 1 saturated carbocycles. The molecule has 5 nitrogen and oxygen atoms in total. The van der Waals surface area contributed by atoms with Gasteiger partial charge in [-0.3, -0.25) is 9.59 Å². The third kappa shape index (κ3) is 4.50. The monoisotopic (exact) mass is 453 g/mol. The second kappa shape index (κ2) is 8.81. The molecule has 31 heavy (non-hydrogen) atoms. The molecule has 1 atom stereocenters. The molecule has 1 aromatic heterocycles. The first-order chi connectivity index (χ1) is 14.9. The van der Waals surface area contributed by atoms with E-state index in [9.17, 15) is 9.59 Å². The van der Waals surface area contributed by atoms with Crippen LogP contribution in [-0.2, 0) is 15.0 Å². The van der Waals surface area contributed by atoms with Crippen LogP contribution in [0.4, 0.5) is 5.13 Å². The maximum Gasteiger partial charge on any atom is 0.236 e. The van der Waals surface area contributed by atoms with Gasteiger partial charge in [0.1, 0.15) is 0 Å². The van der Waals surface area contributed by atoms with Crippen LogP contribution in [0.1, 0.15) is 50.3 Å². The number of aromatic nitrogens is 1. The van der Waals surface area contributed by atoms with Crippen LogP contribution in [0.2, 0.25) is 5.02 Å². The minimum Gasteiger partial charge on any atom is -0.350 e. The second-order valence-electron chi connectivity index (χ2n) is 7.98. The second-order valence-corrected chi connectivity index (χ2v) is 9.27. The van der Waals surface area contributed by atoms with Crippen LogP contribution in [0.3, 0.4) is 0 Å². The SMILES string of the molecule is CC(=O)NC(C)c1ccc(-c2csc(NC(=O)C3(c4ccc(Cl)cc4)CCC3)n2)cc1. The predicted molar refractivity (Wildman–Crippen MR) is 125 cm³/mol. The van der Waals surface area contributed by atoms with Crippen molar-refractivity contribution in [2.24, 2.45) is 0 Å². The largest absolute Gasteiger partial charge is 0.350 e. The number of benzene rings is 2. The van der Waals surface area contributed by atoms with Crippen LogP contribution in [0, 0.1) is 0 Å². The smallest absolute Gasteiger partial charge is 0.236 e. The zero-order valence-electron chi connectivity index (χ0n) is 17.4. The van der Waals surface area contributed by atoms with E-state index in [4.69, 9.17) is 11.6 Å². The Hall–Kier alpha value is -2.70. The Balaban J connectivity index is 1.47. The van der Waals surface area contributed by atoms with E-state index >= 15 is 0 Å². The molecule has 2 N–H and O–H groups in total. The van der Waals surface area contributed by atoms with Gasteiger partial charge in [-0.15, -0.1) is 11.3 Å². The number of halogens is 1. The first-order valence-electron chi connectivity index (χ1n) is 10.3. The third-order valence-electron chi connectivity index (χ3n) is 5.89. The van der Waals surface area contributed by atoms with Gasteiger partial charge in [-0.1, -0.05) is 54.4 Å². The number of rotatable bonds is 6. The number of nitrogens with zero attached hydrogens (tertiary/aromatic N) is 1. The Morgan fingerprint density at radius 1 is 1.10 bits per heavy atom. The van der Waals surface area contributed by atoms with Gasteiger partial charge in [0.25, 0.3) is 0 Å². The molecule has 4 rings (SSSR count). The van der Waals surface area contributed by atoms with Crippen molar-refractivity contribution in [3.05, 3.63) is 70.1 Å². The number of carbonyl (C=O) groups excluding carboxylic acids is 2. The number of thiazole rings is 1. The Bertz CT molecular complexity index is 1090. The van der Waals surface area contributed by atoms with Gasteiger partial charge in [0, 0.05) is 22.9 Å². The summed E-state index contributed by atoms with van der Waals surface area (Å²) >= 11 is 7.43. The standard InChI is InChI=1S/C24H24ClN3O2S/c1-15(26-16(2)29)17-4-6-18(7-5-17)21-14-31-23(27-21)28-22(30)24(12-3-13-24)19-8-10-20(25)11-9-19/h4-11,14-15H,3,12-13H2,1-2H3,(H,26,29)(H,27,28,30). The number of carbonyl (C=O) groups is 2. The van der Waals surface area contributed by atoms with Crippen molar-refractivity contribution in [3.8, 4) is 11.3 Å². The normalized spacial score (nSPS) is 15.6. The third-order valence-corrected chi connectivity index (χ3v) is 6.90. The van der Waals surface area contributed by atoms with Crippen molar-refractivity contribution in [2.75, 3.05) is 5.32 Å². The fourth-order valence-electron chi connectivity index (χ4n) is 3.96. The molecule has 1 fully saturated rings. The Morgan fingerprint density at radius 3 is 2.35 bits per heavy atom. The zero-order valence-corrected chi connectivity index (χ0v) is 19.0. The van der Waals surface area contributed by atoms with Crippen LogP contribution < -0.4 is 10.6 Å². The van der Waals surface area contributed by atoms with Crippen LogP contribution in [0.5, 0.6) is 0 Å². The fourth-order valence-corrected chi connectivity index (χ4v) is 4.80. The summed E-state index contributed by atoms with van der Waals surface area (Å²) in [6.45, 7) is 3.46. The molecular weight excluding hydrogens is 430 g/mol. The van der Waals surface area contributed by atoms with Crippen LogP contribution in [0.25, 0.3) is 11.3 Å². The molecule has 3 aromatic rings. The first-order valence-corrected chi connectivity index (χ1v) is 11.5. The van der Waals surface area contributed by atoms with Gasteiger partial charge >= 0.3 is 0 Å². The molecule has 1 aliphatic rings. The fraction of sp³-hybridized carbons (Fsp3) is 0.292. The average Bonchev–Trinajstić information content (AvgIpc) is 3.16. The molecule has 0 bridgehead atoms. The van der Waals surface area contributed by atoms with Gasteiger partial charge in [0.05, 0.1) is 17.2 Å². The van der Waals surface area contributed by atoms with Gasteiger partial charge in [0.15, 0.2) is 5.13 Å². The first kappa shape index (κ1) is 21.5. The molecule has 0 aliphatic heterocycles. The average molecular weight is 454 g/mol. The molecular formula is C24H24ClN3O2S. The van der Waals surface area contributed by atoms with E-state index in [-0.39, 0.29) is 17.9 Å². The lowest BCUT2D eigenvalue weighted by Crippen LogP contribution is -2.45. The van der Waals surface area contributed by atoms with Crippen molar-refractivity contribution in [1.29, 1.82) is 0 Å². The predicted octanol–water partition coefficient (Wildman–Crippen LogP) is 5.72. The van der Waals surface area contributed by atoms with Crippen molar-refractivity contribution in [1.82, 2.24) is 10.3 Å². The minimum atomic E-state index is -0.502. The van der Waals surface area contributed by atoms with E-state index in [0.717, 1.165) is 41.6 Å². The van der Waals surface area contributed by atoms with Crippen molar-refractivity contribution in [3.63, 3.8) is 0 Å². The highest BCUT2D eigenvalue weighted by molar-refractivity contribution is 7.14. The minimum absolute atomic E-state index is 0.0125. The topological polar surface area (TPSA) is 71.1 Å². The van der Waals surface area contributed by atoms with Gasteiger partial charge in [0.2, 0.25) is 11.8 Å². The summed E-state index contributed by atoms with van der Waals surface area (Å²) in [5, 5.41) is 9.11. The van der Waals surface area contributed by atoms with Gasteiger partial charge < -0.3 is 10.6 Å². The highest BCUT2D eigenvalue weighted by Gasteiger charge is 2.45. The number of anilines is 1.